The Morgan fingerprint density at radius 2 is 1.69 bits per heavy atom. The lowest BCUT2D eigenvalue weighted by Gasteiger charge is -2.14. The fourth-order valence-corrected chi connectivity index (χ4v) is 4.46. The summed E-state index contributed by atoms with van der Waals surface area (Å²) in [5.41, 5.74) is 3.42. The zero-order valence-electron chi connectivity index (χ0n) is 15.2. The van der Waals surface area contributed by atoms with Crippen LogP contribution < -0.4 is 10.1 Å². The Labute approximate surface area is 185 Å². The third-order valence-corrected chi connectivity index (χ3v) is 5.63. The van der Waals surface area contributed by atoms with Crippen LogP contribution in [-0.2, 0) is 4.79 Å². The summed E-state index contributed by atoms with van der Waals surface area (Å²) >= 11 is 7.03. The van der Waals surface area contributed by atoms with Crippen molar-refractivity contribution in [2.75, 3.05) is 11.9 Å². The first-order chi connectivity index (χ1) is 14.1. The molecule has 0 atom stereocenters. The van der Waals surface area contributed by atoms with Gasteiger partial charge in [0.2, 0.25) is 0 Å². The smallest absolute Gasteiger partial charge is 0.262 e. The number of benzene rings is 3. The summed E-state index contributed by atoms with van der Waals surface area (Å²) < 4.78 is 7.48. The van der Waals surface area contributed by atoms with Crippen molar-refractivity contribution in [3.05, 3.63) is 87.9 Å². The van der Waals surface area contributed by atoms with Crippen molar-refractivity contribution in [1.29, 1.82) is 0 Å². The van der Waals surface area contributed by atoms with Crippen LogP contribution in [0.3, 0.4) is 0 Å². The van der Waals surface area contributed by atoms with Crippen LogP contribution in [0.15, 0.2) is 87.9 Å². The molecule has 3 aromatic carbocycles. The lowest BCUT2D eigenvalue weighted by atomic mass is 10.0. The van der Waals surface area contributed by atoms with Gasteiger partial charge in [0.05, 0.1) is 4.47 Å². The second-order valence-electron chi connectivity index (χ2n) is 6.32. The van der Waals surface area contributed by atoms with Crippen molar-refractivity contribution in [2.45, 2.75) is 0 Å². The number of pyridine rings is 1. The lowest BCUT2D eigenvalue weighted by Crippen LogP contribution is -2.20. The van der Waals surface area contributed by atoms with E-state index in [9.17, 15) is 4.79 Å². The summed E-state index contributed by atoms with van der Waals surface area (Å²) in [5, 5.41) is 3.87. The van der Waals surface area contributed by atoms with Gasteiger partial charge in [0.15, 0.2) is 12.4 Å². The van der Waals surface area contributed by atoms with Crippen molar-refractivity contribution in [2.24, 2.45) is 0 Å². The van der Waals surface area contributed by atoms with Gasteiger partial charge in [-0.15, -0.1) is 0 Å². The predicted molar refractivity (Wildman–Crippen MR) is 123 cm³/mol. The van der Waals surface area contributed by atoms with Crippen LogP contribution in [0, 0.1) is 0 Å². The Bertz CT molecular complexity index is 1180. The van der Waals surface area contributed by atoms with E-state index in [2.05, 4.69) is 42.2 Å². The van der Waals surface area contributed by atoms with Crippen LogP contribution >= 0.6 is 31.9 Å². The summed E-state index contributed by atoms with van der Waals surface area (Å²) in [5.74, 6) is 0.294. The molecule has 0 bridgehead atoms. The number of hydrogen-bond acceptors (Lipinski definition) is 3. The quantitative estimate of drug-likeness (QED) is 0.335. The van der Waals surface area contributed by atoms with Crippen LogP contribution in [0.2, 0.25) is 0 Å². The average molecular weight is 512 g/mol. The molecule has 1 heterocycles. The van der Waals surface area contributed by atoms with Gasteiger partial charge in [-0.25, -0.2) is 0 Å². The molecule has 0 aliphatic carbocycles. The zero-order valence-corrected chi connectivity index (χ0v) is 18.4. The molecule has 0 aliphatic heterocycles. The SMILES string of the molecule is O=C(COc1c(Br)cc(Br)c2cccnc12)Nc1ccccc1-c1ccccc1. The predicted octanol–water partition coefficient (Wildman–Crippen LogP) is 6.44. The number of anilines is 1. The van der Waals surface area contributed by atoms with E-state index < -0.39 is 0 Å². The summed E-state index contributed by atoms with van der Waals surface area (Å²) in [7, 11) is 0. The van der Waals surface area contributed by atoms with Crippen LogP contribution in [-0.4, -0.2) is 17.5 Å². The van der Waals surface area contributed by atoms with E-state index in [4.69, 9.17) is 4.74 Å². The maximum atomic E-state index is 12.6. The van der Waals surface area contributed by atoms with Crippen LogP contribution in [0.5, 0.6) is 5.75 Å². The van der Waals surface area contributed by atoms with E-state index in [0.717, 1.165) is 31.1 Å². The number of nitrogens with zero attached hydrogens (tertiary/aromatic N) is 1. The van der Waals surface area contributed by atoms with Gasteiger partial charge in [0, 0.05) is 27.3 Å². The van der Waals surface area contributed by atoms with Gasteiger partial charge in [0.1, 0.15) is 5.52 Å². The van der Waals surface area contributed by atoms with Crippen LogP contribution in [0.25, 0.3) is 22.0 Å². The molecule has 0 fully saturated rings. The topological polar surface area (TPSA) is 51.2 Å². The van der Waals surface area contributed by atoms with Crippen molar-refractivity contribution >= 4 is 54.4 Å². The highest BCUT2D eigenvalue weighted by Crippen LogP contribution is 2.37. The minimum atomic E-state index is -0.243. The number of nitrogens with one attached hydrogen (secondary N) is 1. The Hall–Kier alpha value is -2.70. The maximum Gasteiger partial charge on any atom is 0.262 e. The fraction of sp³-hybridized carbons (Fsp3) is 0.0435. The van der Waals surface area contributed by atoms with E-state index in [1.54, 1.807) is 6.20 Å². The molecule has 1 N–H and O–H groups in total. The first kappa shape index (κ1) is 19.6. The third-order valence-electron chi connectivity index (χ3n) is 4.38. The minimum absolute atomic E-state index is 0.130. The molecule has 6 heteroatoms. The zero-order chi connectivity index (χ0) is 20.2. The second-order valence-corrected chi connectivity index (χ2v) is 8.03. The van der Waals surface area contributed by atoms with Crippen LogP contribution in [0.1, 0.15) is 0 Å². The number of hydrogen-bond donors (Lipinski definition) is 1. The summed E-state index contributed by atoms with van der Waals surface area (Å²) in [6.07, 6.45) is 1.70. The van der Waals surface area contributed by atoms with Gasteiger partial charge in [-0.05, 0) is 39.7 Å². The molecule has 1 amide bonds. The molecule has 0 radical (unpaired) electrons. The number of aromatic nitrogens is 1. The molecule has 0 saturated heterocycles. The molecule has 29 heavy (non-hydrogen) atoms. The molecular weight excluding hydrogens is 496 g/mol. The average Bonchev–Trinajstić information content (AvgIpc) is 2.74. The number of ether oxygens (including phenoxy) is 1. The fourth-order valence-electron chi connectivity index (χ4n) is 3.07. The Morgan fingerprint density at radius 3 is 2.52 bits per heavy atom. The summed E-state index contributed by atoms with van der Waals surface area (Å²) in [6.45, 7) is -0.130. The number of carbonyl (C=O) groups excluding carboxylic acids is 1. The van der Waals surface area contributed by atoms with Crippen LogP contribution in [0.4, 0.5) is 5.69 Å². The standard InChI is InChI=1S/C23H16Br2N2O2/c24-18-13-19(25)23(22-17(18)10-6-12-26-22)29-14-21(28)27-20-11-5-4-9-16(20)15-7-2-1-3-8-15/h1-13H,14H2,(H,27,28). The Balaban J connectivity index is 1.54. The van der Waals surface area contributed by atoms with E-state index >= 15 is 0 Å². The van der Waals surface area contributed by atoms with Gasteiger partial charge in [-0.1, -0.05) is 70.5 Å². The number of rotatable bonds is 5. The second kappa shape index (κ2) is 8.76. The molecule has 0 aliphatic rings. The number of amides is 1. The molecule has 0 saturated carbocycles. The highest BCUT2D eigenvalue weighted by Gasteiger charge is 2.14. The van der Waals surface area contributed by atoms with E-state index in [-0.39, 0.29) is 12.5 Å². The van der Waals surface area contributed by atoms with Gasteiger partial charge in [0.25, 0.3) is 5.91 Å². The van der Waals surface area contributed by atoms with E-state index in [0.29, 0.717) is 11.3 Å². The molecule has 4 nitrogen and oxygen atoms in total. The number of carbonyl (C=O) groups is 1. The van der Waals surface area contributed by atoms with E-state index in [1.165, 1.54) is 0 Å². The first-order valence-electron chi connectivity index (χ1n) is 8.93. The molecule has 4 rings (SSSR count). The van der Waals surface area contributed by atoms with Gasteiger partial charge in [-0.2, -0.15) is 0 Å². The molecular formula is C23H16Br2N2O2. The van der Waals surface area contributed by atoms with Crippen molar-refractivity contribution in [3.8, 4) is 16.9 Å². The number of fused-ring (bicyclic) bond motifs is 1. The summed E-state index contributed by atoms with van der Waals surface area (Å²) in [4.78, 5) is 17.0. The third kappa shape index (κ3) is 4.33. The lowest BCUT2D eigenvalue weighted by molar-refractivity contribution is -0.118. The first-order valence-corrected chi connectivity index (χ1v) is 10.5. The van der Waals surface area contributed by atoms with Crippen molar-refractivity contribution in [3.63, 3.8) is 0 Å². The Morgan fingerprint density at radius 1 is 0.931 bits per heavy atom. The molecule has 0 unspecified atom stereocenters. The monoisotopic (exact) mass is 510 g/mol. The Kier molecular flexibility index (Phi) is 5.92. The van der Waals surface area contributed by atoms with Crippen molar-refractivity contribution < 1.29 is 9.53 Å². The largest absolute Gasteiger partial charge is 0.480 e. The number of halogens is 2. The molecule has 0 spiro atoms. The molecule has 1 aromatic heterocycles. The highest BCUT2D eigenvalue weighted by atomic mass is 79.9. The molecule has 4 aromatic rings. The van der Waals surface area contributed by atoms with Gasteiger partial charge < -0.3 is 10.1 Å². The normalized spacial score (nSPS) is 10.7. The highest BCUT2D eigenvalue weighted by molar-refractivity contribution is 9.11. The maximum absolute atomic E-state index is 12.6. The van der Waals surface area contributed by atoms with Crippen molar-refractivity contribution in [1.82, 2.24) is 4.98 Å². The minimum Gasteiger partial charge on any atom is -0.480 e. The van der Waals surface area contributed by atoms with Gasteiger partial charge in [-0.3, -0.25) is 9.78 Å². The molecule has 144 valence electrons. The summed E-state index contributed by atoms with van der Waals surface area (Å²) in [6, 6.07) is 23.3. The van der Waals surface area contributed by atoms with E-state index in [1.807, 2.05) is 72.8 Å². The number of para-hydroxylation sites is 1. The van der Waals surface area contributed by atoms with Gasteiger partial charge >= 0.3 is 0 Å².